The lowest BCUT2D eigenvalue weighted by atomic mass is 10.1. The molecule has 4 aromatic rings. The third-order valence-electron chi connectivity index (χ3n) is 7.84. The van der Waals surface area contributed by atoms with Crippen LogP contribution in [-0.4, -0.2) is 60.3 Å². The summed E-state index contributed by atoms with van der Waals surface area (Å²) in [5.41, 5.74) is 2.97. The van der Waals surface area contributed by atoms with Crippen molar-refractivity contribution in [2.24, 2.45) is 0 Å². The molecule has 1 heterocycles. The summed E-state index contributed by atoms with van der Waals surface area (Å²) in [6.07, 6.45) is 1.55. The molecule has 2 atom stereocenters. The number of nitrogens with one attached hydrogen (secondary N) is 2. The van der Waals surface area contributed by atoms with E-state index in [4.69, 9.17) is 14.2 Å². The number of carboxylic acid groups (broad SMARTS) is 1. The first-order valence-electron chi connectivity index (χ1n) is 15.2. The number of methoxy groups -OCH3 is 1. The van der Waals surface area contributed by atoms with Crippen LogP contribution >= 0.6 is 15.9 Å². The van der Waals surface area contributed by atoms with Crippen LogP contribution in [0.15, 0.2) is 102 Å². The minimum atomic E-state index is -1.04. The number of ether oxygens (including phenoxy) is 3. The normalized spacial score (nSPS) is 15.6. The SMILES string of the molecule is COc1cc(CC(=O)N2[C@H](COCc3ccccc3)CC[C@H]2COc2cccc(C(=O)O)c2)ccc1NC(=O)Nc1ccccc1Br. The van der Waals surface area contributed by atoms with E-state index in [1.807, 2.05) is 53.4 Å². The summed E-state index contributed by atoms with van der Waals surface area (Å²) in [4.78, 5) is 39.9. The van der Waals surface area contributed by atoms with Crippen molar-refractivity contribution in [3.05, 3.63) is 118 Å². The Bertz CT molecular complexity index is 1700. The molecule has 0 saturated carbocycles. The van der Waals surface area contributed by atoms with Crippen molar-refractivity contribution >= 4 is 45.2 Å². The molecule has 11 heteroatoms. The molecule has 0 spiro atoms. The van der Waals surface area contributed by atoms with Crippen molar-refractivity contribution in [2.75, 3.05) is 31.0 Å². The highest BCUT2D eigenvalue weighted by Crippen LogP contribution is 2.30. The van der Waals surface area contributed by atoms with E-state index in [1.54, 1.807) is 36.4 Å². The lowest BCUT2D eigenvalue weighted by molar-refractivity contribution is -0.135. The van der Waals surface area contributed by atoms with Gasteiger partial charge in [0.1, 0.15) is 18.1 Å². The average molecular weight is 703 g/mol. The molecule has 3 amide bonds. The highest BCUT2D eigenvalue weighted by atomic mass is 79.9. The highest BCUT2D eigenvalue weighted by molar-refractivity contribution is 9.10. The Morgan fingerprint density at radius 1 is 0.830 bits per heavy atom. The van der Waals surface area contributed by atoms with Gasteiger partial charge in [0.2, 0.25) is 5.91 Å². The summed E-state index contributed by atoms with van der Waals surface area (Å²) in [5.74, 6) is -0.291. The number of aromatic carboxylic acids is 1. The van der Waals surface area contributed by atoms with Gasteiger partial charge < -0.3 is 34.9 Å². The molecule has 4 aromatic carbocycles. The van der Waals surface area contributed by atoms with Crippen molar-refractivity contribution in [1.82, 2.24) is 4.90 Å². The zero-order chi connectivity index (χ0) is 33.2. The van der Waals surface area contributed by atoms with Gasteiger partial charge in [-0.15, -0.1) is 0 Å². The van der Waals surface area contributed by atoms with Gasteiger partial charge in [-0.05, 0) is 82.4 Å². The van der Waals surface area contributed by atoms with Crippen LogP contribution in [0.1, 0.15) is 34.3 Å². The number of carbonyl (C=O) groups excluding carboxylic acids is 2. The summed E-state index contributed by atoms with van der Waals surface area (Å²) in [6, 6.07) is 27.9. The largest absolute Gasteiger partial charge is 0.495 e. The quantitative estimate of drug-likeness (QED) is 0.137. The molecule has 1 aliphatic rings. The average Bonchev–Trinajstić information content (AvgIpc) is 3.49. The fourth-order valence-electron chi connectivity index (χ4n) is 5.55. The van der Waals surface area contributed by atoms with Gasteiger partial charge in [-0.25, -0.2) is 9.59 Å². The van der Waals surface area contributed by atoms with E-state index in [0.29, 0.717) is 48.1 Å². The van der Waals surface area contributed by atoms with Crippen LogP contribution in [0.4, 0.5) is 16.2 Å². The second-order valence-corrected chi connectivity index (χ2v) is 12.0. The predicted octanol–water partition coefficient (Wildman–Crippen LogP) is 7.00. The number of benzene rings is 4. The Morgan fingerprint density at radius 2 is 1.55 bits per heavy atom. The van der Waals surface area contributed by atoms with Gasteiger partial charge in [-0.3, -0.25) is 4.79 Å². The summed E-state index contributed by atoms with van der Waals surface area (Å²) in [5, 5.41) is 15.0. The van der Waals surface area contributed by atoms with Gasteiger partial charge in [-0.1, -0.05) is 54.6 Å². The van der Waals surface area contributed by atoms with Crippen molar-refractivity contribution in [3.8, 4) is 11.5 Å². The van der Waals surface area contributed by atoms with E-state index in [-0.39, 0.29) is 36.6 Å². The van der Waals surface area contributed by atoms with Crippen molar-refractivity contribution in [1.29, 1.82) is 0 Å². The van der Waals surface area contributed by atoms with Crippen molar-refractivity contribution in [2.45, 2.75) is 38.0 Å². The molecular formula is C36H36BrN3O7. The maximum Gasteiger partial charge on any atom is 0.335 e. The van der Waals surface area contributed by atoms with Crippen LogP contribution < -0.4 is 20.1 Å². The minimum Gasteiger partial charge on any atom is -0.495 e. The molecule has 5 rings (SSSR count). The number of carboxylic acids is 1. The molecule has 1 saturated heterocycles. The standard InChI is InChI=1S/C36H36BrN3O7/c1-45-33-18-25(14-17-32(33)39-36(44)38-31-13-6-5-12-30(31)37)19-34(41)40-27(22-46-21-24-8-3-2-4-9-24)15-16-28(40)23-47-29-11-7-10-26(20-29)35(42)43/h2-14,17-18,20,27-28H,15-16,19,21-23H2,1H3,(H,42,43)(H2,38,39,44)/t27-,28-/m0/s1. The summed E-state index contributed by atoms with van der Waals surface area (Å²) < 4.78 is 18.4. The zero-order valence-electron chi connectivity index (χ0n) is 25.9. The lowest BCUT2D eigenvalue weighted by Gasteiger charge is -2.30. The number of amides is 3. The molecule has 1 aliphatic heterocycles. The maximum absolute atomic E-state index is 13.9. The Labute approximate surface area is 281 Å². The van der Waals surface area contributed by atoms with E-state index in [0.717, 1.165) is 16.5 Å². The number of hydrogen-bond acceptors (Lipinski definition) is 6. The van der Waals surface area contributed by atoms with Crippen LogP contribution in [0.3, 0.4) is 0 Å². The fraction of sp³-hybridized carbons (Fsp3) is 0.250. The maximum atomic E-state index is 13.9. The molecule has 244 valence electrons. The number of anilines is 2. The van der Waals surface area contributed by atoms with Crippen molar-refractivity contribution in [3.63, 3.8) is 0 Å². The Hall–Kier alpha value is -4.87. The van der Waals surface area contributed by atoms with E-state index >= 15 is 0 Å². The Balaban J connectivity index is 1.27. The second-order valence-electron chi connectivity index (χ2n) is 11.1. The van der Waals surface area contributed by atoms with Crippen LogP contribution in [0.25, 0.3) is 0 Å². The summed E-state index contributed by atoms with van der Waals surface area (Å²) >= 11 is 3.42. The Morgan fingerprint density at radius 3 is 2.30 bits per heavy atom. The predicted molar refractivity (Wildman–Crippen MR) is 182 cm³/mol. The monoisotopic (exact) mass is 701 g/mol. The number of hydrogen-bond donors (Lipinski definition) is 3. The van der Waals surface area contributed by atoms with Gasteiger partial charge >= 0.3 is 12.0 Å². The molecule has 47 heavy (non-hydrogen) atoms. The zero-order valence-corrected chi connectivity index (χ0v) is 27.4. The van der Waals surface area contributed by atoms with Crippen molar-refractivity contribution < 1.29 is 33.7 Å². The lowest BCUT2D eigenvalue weighted by Crippen LogP contribution is -2.46. The third kappa shape index (κ3) is 9.11. The molecule has 3 N–H and O–H groups in total. The van der Waals surface area contributed by atoms with Crippen LogP contribution in [0, 0.1) is 0 Å². The smallest absolute Gasteiger partial charge is 0.335 e. The number of carbonyl (C=O) groups is 3. The van der Waals surface area contributed by atoms with Gasteiger partial charge in [0.25, 0.3) is 0 Å². The number of nitrogens with zero attached hydrogens (tertiary/aromatic N) is 1. The van der Waals surface area contributed by atoms with Gasteiger partial charge in [0, 0.05) is 4.47 Å². The van der Waals surface area contributed by atoms with E-state index in [1.165, 1.54) is 19.2 Å². The Kier molecular flexibility index (Phi) is 11.5. The van der Waals surface area contributed by atoms with Crippen LogP contribution in [0.5, 0.6) is 11.5 Å². The molecule has 0 aliphatic carbocycles. The van der Waals surface area contributed by atoms with Crippen LogP contribution in [0.2, 0.25) is 0 Å². The number of halogens is 1. The van der Waals surface area contributed by atoms with Gasteiger partial charge in [0.15, 0.2) is 0 Å². The fourth-order valence-corrected chi connectivity index (χ4v) is 5.93. The minimum absolute atomic E-state index is 0.0972. The summed E-state index contributed by atoms with van der Waals surface area (Å²) in [7, 11) is 1.51. The van der Waals surface area contributed by atoms with E-state index in [9.17, 15) is 19.5 Å². The first-order valence-corrected chi connectivity index (χ1v) is 16.0. The first kappa shape index (κ1) is 33.5. The molecule has 10 nitrogen and oxygen atoms in total. The van der Waals surface area contributed by atoms with Gasteiger partial charge in [-0.2, -0.15) is 0 Å². The number of para-hydroxylation sites is 1. The molecule has 0 aromatic heterocycles. The molecular weight excluding hydrogens is 666 g/mol. The number of likely N-dealkylation sites (tertiary alicyclic amines) is 1. The number of rotatable bonds is 13. The molecule has 0 radical (unpaired) electrons. The summed E-state index contributed by atoms with van der Waals surface area (Å²) in [6.45, 7) is 1.01. The van der Waals surface area contributed by atoms with Gasteiger partial charge in [0.05, 0.1) is 55.8 Å². The molecule has 0 unspecified atom stereocenters. The molecule has 1 fully saturated rings. The topological polar surface area (TPSA) is 126 Å². The van der Waals surface area contributed by atoms with E-state index in [2.05, 4.69) is 26.6 Å². The number of urea groups is 1. The second kappa shape index (κ2) is 16.1. The highest BCUT2D eigenvalue weighted by Gasteiger charge is 2.37. The molecule has 0 bridgehead atoms. The van der Waals surface area contributed by atoms with E-state index < -0.39 is 12.0 Å². The third-order valence-corrected chi connectivity index (χ3v) is 8.54. The first-order chi connectivity index (χ1) is 22.8. The van der Waals surface area contributed by atoms with Crippen LogP contribution in [-0.2, 0) is 22.6 Å².